The molecule has 4 aliphatic rings. The van der Waals surface area contributed by atoms with Crippen molar-refractivity contribution in [2.75, 3.05) is 11.9 Å². The number of anilines is 2. The van der Waals surface area contributed by atoms with E-state index in [9.17, 15) is 9.90 Å². The van der Waals surface area contributed by atoms with Gasteiger partial charge in [0.05, 0.1) is 18.4 Å². The van der Waals surface area contributed by atoms with Crippen LogP contribution in [0.4, 0.5) is 11.5 Å². The minimum atomic E-state index is -1.01. The van der Waals surface area contributed by atoms with Crippen LogP contribution in [0.5, 0.6) is 0 Å². The zero-order valence-corrected chi connectivity index (χ0v) is 20.1. The molecule has 0 saturated heterocycles. The Hall–Kier alpha value is -2.86. The van der Waals surface area contributed by atoms with Crippen LogP contribution in [0, 0.1) is 17.8 Å². The van der Waals surface area contributed by atoms with Gasteiger partial charge in [-0.3, -0.25) is 4.68 Å². The van der Waals surface area contributed by atoms with Crippen molar-refractivity contribution >= 4 is 29.1 Å². The van der Waals surface area contributed by atoms with E-state index in [4.69, 9.17) is 11.6 Å². The van der Waals surface area contributed by atoms with Crippen molar-refractivity contribution in [1.82, 2.24) is 14.8 Å². The van der Waals surface area contributed by atoms with Gasteiger partial charge in [-0.1, -0.05) is 23.7 Å². The van der Waals surface area contributed by atoms with Gasteiger partial charge in [0, 0.05) is 24.5 Å². The molecule has 0 radical (unpaired) electrons. The number of aromatic nitrogens is 3. The first-order valence-corrected chi connectivity index (χ1v) is 12.5. The standard InChI is InChI=1S/C27H29ClN4O2/c1-31(25-23(26(33)34)3-2-6-29-25)22-14-30-32(16-22)15-20-4-5-21(10-24(20)28)27-11-17-7-18(12-27)9-19(8-17)13-27/h2-6,10,14,16-19H,7-9,11-13,15H2,1H3,(H,33,34). The summed E-state index contributed by atoms with van der Waals surface area (Å²) in [6, 6.07) is 9.87. The van der Waals surface area contributed by atoms with E-state index in [1.54, 1.807) is 36.5 Å². The Balaban J connectivity index is 1.21. The second-order valence-corrected chi connectivity index (χ2v) is 11.0. The van der Waals surface area contributed by atoms with Crippen molar-refractivity contribution in [3.8, 4) is 0 Å². The van der Waals surface area contributed by atoms with Gasteiger partial charge in [0.25, 0.3) is 0 Å². The quantitative estimate of drug-likeness (QED) is 0.478. The Morgan fingerprint density at radius 1 is 1.18 bits per heavy atom. The van der Waals surface area contributed by atoms with Crippen LogP contribution in [0.2, 0.25) is 5.02 Å². The minimum absolute atomic E-state index is 0.154. The third-order valence-electron chi connectivity index (χ3n) is 8.38. The van der Waals surface area contributed by atoms with Crippen molar-refractivity contribution in [2.45, 2.75) is 50.5 Å². The van der Waals surface area contributed by atoms with Crippen molar-refractivity contribution in [3.05, 3.63) is 70.6 Å². The third kappa shape index (κ3) is 3.68. The number of carboxylic acid groups (broad SMARTS) is 1. The van der Waals surface area contributed by atoms with E-state index < -0.39 is 5.97 Å². The highest BCUT2D eigenvalue weighted by atomic mass is 35.5. The van der Waals surface area contributed by atoms with Gasteiger partial charge in [0.2, 0.25) is 0 Å². The van der Waals surface area contributed by atoms with Gasteiger partial charge in [-0.05, 0) is 91.0 Å². The number of hydrogen-bond acceptors (Lipinski definition) is 4. The third-order valence-corrected chi connectivity index (χ3v) is 8.73. The Bertz CT molecular complexity index is 1220. The Labute approximate surface area is 204 Å². The van der Waals surface area contributed by atoms with Crippen LogP contribution in [-0.4, -0.2) is 32.9 Å². The van der Waals surface area contributed by atoms with Gasteiger partial charge in [-0.15, -0.1) is 0 Å². The Morgan fingerprint density at radius 2 is 1.88 bits per heavy atom. The van der Waals surface area contributed by atoms with Crippen LogP contribution in [0.1, 0.15) is 60.0 Å². The average Bonchev–Trinajstić information content (AvgIpc) is 3.27. The summed E-state index contributed by atoms with van der Waals surface area (Å²) in [5.74, 6) is 2.10. The van der Waals surface area contributed by atoms with Crippen LogP contribution in [0.3, 0.4) is 0 Å². The first-order valence-electron chi connectivity index (χ1n) is 12.1. The number of rotatable bonds is 6. The molecule has 3 aromatic rings. The maximum absolute atomic E-state index is 11.6. The molecule has 0 unspecified atom stereocenters. The zero-order valence-electron chi connectivity index (χ0n) is 19.3. The van der Waals surface area contributed by atoms with Gasteiger partial charge < -0.3 is 10.0 Å². The number of carboxylic acids is 1. The summed E-state index contributed by atoms with van der Waals surface area (Å²) in [6.45, 7) is 0.557. The molecule has 4 fully saturated rings. The molecule has 0 atom stereocenters. The minimum Gasteiger partial charge on any atom is -0.478 e. The molecule has 7 rings (SSSR count). The predicted molar refractivity (Wildman–Crippen MR) is 132 cm³/mol. The molecule has 2 aromatic heterocycles. The first kappa shape index (κ1) is 21.7. The molecule has 0 aliphatic heterocycles. The van der Waals surface area contributed by atoms with Crippen molar-refractivity contribution in [1.29, 1.82) is 0 Å². The second-order valence-electron chi connectivity index (χ2n) is 10.6. The molecule has 4 aliphatic carbocycles. The fourth-order valence-corrected chi connectivity index (χ4v) is 7.45. The molecule has 2 heterocycles. The molecular formula is C27H29ClN4O2. The summed E-state index contributed by atoms with van der Waals surface area (Å²) >= 11 is 6.81. The lowest BCUT2D eigenvalue weighted by Crippen LogP contribution is -2.48. The molecule has 4 saturated carbocycles. The van der Waals surface area contributed by atoms with Crippen LogP contribution < -0.4 is 4.90 Å². The lowest BCUT2D eigenvalue weighted by molar-refractivity contribution is -0.00519. The van der Waals surface area contributed by atoms with E-state index in [2.05, 4.69) is 28.3 Å². The van der Waals surface area contributed by atoms with Crippen LogP contribution in [-0.2, 0) is 12.0 Å². The van der Waals surface area contributed by atoms with Crippen LogP contribution >= 0.6 is 11.6 Å². The van der Waals surface area contributed by atoms with Gasteiger partial charge in [0.1, 0.15) is 11.4 Å². The van der Waals surface area contributed by atoms with Gasteiger partial charge in [-0.25, -0.2) is 9.78 Å². The van der Waals surface area contributed by atoms with E-state index in [-0.39, 0.29) is 5.56 Å². The van der Waals surface area contributed by atoms with E-state index in [0.717, 1.165) is 34.0 Å². The topological polar surface area (TPSA) is 71.2 Å². The molecule has 6 nitrogen and oxygen atoms in total. The number of pyridine rings is 1. The molecule has 1 N–H and O–H groups in total. The molecule has 0 amide bonds. The second kappa shape index (κ2) is 8.12. The van der Waals surface area contributed by atoms with E-state index in [1.165, 1.54) is 44.1 Å². The highest BCUT2D eigenvalue weighted by Gasteiger charge is 2.51. The number of hydrogen-bond donors (Lipinski definition) is 1. The molecular weight excluding hydrogens is 448 g/mol. The fraction of sp³-hybridized carbons (Fsp3) is 0.444. The molecule has 7 heteroatoms. The maximum Gasteiger partial charge on any atom is 0.339 e. The molecule has 0 spiro atoms. The lowest BCUT2D eigenvalue weighted by atomic mass is 9.48. The summed E-state index contributed by atoms with van der Waals surface area (Å²) in [5, 5.41) is 14.8. The molecule has 4 bridgehead atoms. The monoisotopic (exact) mass is 476 g/mol. The highest BCUT2D eigenvalue weighted by molar-refractivity contribution is 6.31. The van der Waals surface area contributed by atoms with Gasteiger partial charge in [-0.2, -0.15) is 5.10 Å². The highest BCUT2D eigenvalue weighted by Crippen LogP contribution is 2.60. The summed E-state index contributed by atoms with van der Waals surface area (Å²) in [7, 11) is 1.80. The number of carbonyl (C=O) groups is 1. The Kier molecular flexibility index (Phi) is 5.17. The molecule has 1 aromatic carbocycles. The summed E-state index contributed by atoms with van der Waals surface area (Å²) in [6.07, 6.45) is 13.5. The van der Waals surface area contributed by atoms with Crippen LogP contribution in [0.15, 0.2) is 48.9 Å². The lowest BCUT2D eigenvalue weighted by Gasteiger charge is -2.57. The average molecular weight is 477 g/mol. The summed E-state index contributed by atoms with van der Waals surface area (Å²) < 4.78 is 1.83. The predicted octanol–water partition coefficient (Wildman–Crippen LogP) is 5.91. The molecule has 34 heavy (non-hydrogen) atoms. The van der Waals surface area contributed by atoms with Crippen molar-refractivity contribution < 1.29 is 9.90 Å². The zero-order chi connectivity index (χ0) is 23.4. The van der Waals surface area contributed by atoms with Crippen molar-refractivity contribution in [2.24, 2.45) is 17.8 Å². The smallest absolute Gasteiger partial charge is 0.339 e. The fourth-order valence-electron chi connectivity index (χ4n) is 7.21. The summed E-state index contributed by atoms with van der Waals surface area (Å²) in [4.78, 5) is 17.6. The number of nitrogens with zero attached hydrogens (tertiary/aromatic N) is 4. The molecule has 176 valence electrons. The van der Waals surface area contributed by atoms with Crippen molar-refractivity contribution in [3.63, 3.8) is 0 Å². The Morgan fingerprint density at radius 3 is 2.53 bits per heavy atom. The maximum atomic E-state index is 11.6. The SMILES string of the molecule is CN(c1cnn(Cc2ccc(C34CC5CC(CC(C5)C3)C4)cc2Cl)c1)c1ncccc1C(=O)O. The largest absolute Gasteiger partial charge is 0.478 e. The van der Waals surface area contributed by atoms with E-state index in [0.29, 0.717) is 17.8 Å². The van der Waals surface area contributed by atoms with E-state index >= 15 is 0 Å². The van der Waals surface area contributed by atoms with E-state index in [1.807, 2.05) is 10.9 Å². The summed E-state index contributed by atoms with van der Waals surface area (Å²) in [5.41, 5.74) is 3.72. The normalized spacial score (nSPS) is 27.2. The van der Waals surface area contributed by atoms with Crippen LogP contribution in [0.25, 0.3) is 0 Å². The van der Waals surface area contributed by atoms with Gasteiger partial charge in [0.15, 0.2) is 0 Å². The number of halogens is 1. The van der Waals surface area contributed by atoms with Gasteiger partial charge >= 0.3 is 5.97 Å². The number of benzene rings is 1. The number of aromatic carboxylic acids is 1. The first-order chi connectivity index (χ1) is 16.4.